The predicted molar refractivity (Wildman–Crippen MR) is 114 cm³/mol. The molecule has 0 amide bonds. The normalized spacial score (nSPS) is 19.4. The molecule has 0 aliphatic carbocycles. The van der Waals surface area contributed by atoms with E-state index in [1.54, 1.807) is 18.1 Å². The highest BCUT2D eigenvalue weighted by atomic mass is 16.5. The smallest absolute Gasteiger partial charge is 0.326 e. The fourth-order valence-corrected chi connectivity index (χ4v) is 4.36. The highest BCUT2D eigenvalue weighted by Crippen LogP contribution is 2.48. The number of nitrogens with zero attached hydrogens (tertiary/aromatic N) is 1. The van der Waals surface area contributed by atoms with Crippen LogP contribution in [0, 0.1) is 0 Å². The van der Waals surface area contributed by atoms with Crippen LogP contribution in [0.5, 0.6) is 17.2 Å². The molecule has 31 heavy (non-hydrogen) atoms. The van der Waals surface area contributed by atoms with E-state index >= 15 is 0 Å². The van der Waals surface area contributed by atoms with Crippen LogP contribution >= 0.6 is 0 Å². The summed E-state index contributed by atoms with van der Waals surface area (Å²) < 4.78 is 22.1. The largest absolute Gasteiger partial charge is 0.493 e. The second kappa shape index (κ2) is 9.55. The van der Waals surface area contributed by atoms with Crippen LogP contribution in [0.15, 0.2) is 36.4 Å². The molecule has 0 radical (unpaired) electrons. The first kappa shape index (κ1) is 22.9. The Hall–Kier alpha value is -2.81. The third-order valence-electron chi connectivity index (χ3n) is 5.93. The zero-order valence-corrected chi connectivity index (χ0v) is 18.3. The van der Waals surface area contributed by atoms with E-state index < -0.39 is 24.2 Å². The van der Waals surface area contributed by atoms with Crippen LogP contribution in [0.3, 0.4) is 0 Å². The van der Waals surface area contributed by atoms with Crippen molar-refractivity contribution in [1.29, 1.82) is 0 Å². The molecule has 8 heteroatoms. The first-order valence-electron chi connectivity index (χ1n) is 9.93. The van der Waals surface area contributed by atoms with Gasteiger partial charge in [0.25, 0.3) is 0 Å². The molecule has 2 aromatic carbocycles. The summed E-state index contributed by atoms with van der Waals surface area (Å²) in [6.07, 6.45) is 0.0674. The highest BCUT2D eigenvalue weighted by molar-refractivity contribution is 5.81. The molecule has 1 heterocycles. The van der Waals surface area contributed by atoms with E-state index in [4.69, 9.17) is 18.9 Å². The molecule has 1 aliphatic heterocycles. The van der Waals surface area contributed by atoms with E-state index in [-0.39, 0.29) is 19.6 Å². The number of rotatable bonds is 9. The van der Waals surface area contributed by atoms with Gasteiger partial charge in [-0.2, -0.15) is 0 Å². The van der Waals surface area contributed by atoms with Crippen molar-refractivity contribution >= 4 is 5.97 Å². The van der Waals surface area contributed by atoms with Crippen molar-refractivity contribution in [2.75, 3.05) is 41.7 Å². The molecule has 3 rings (SSSR count). The van der Waals surface area contributed by atoms with Crippen LogP contribution < -0.4 is 14.2 Å². The monoisotopic (exact) mass is 431 g/mol. The number of hydrogen-bond acceptors (Lipinski definition) is 7. The number of aliphatic carboxylic acids is 1. The molecular formula is C23H29NO7. The zero-order valence-electron chi connectivity index (χ0n) is 18.3. The van der Waals surface area contributed by atoms with Gasteiger partial charge in [-0.05, 0) is 17.2 Å². The molecule has 2 N–H and O–H groups in total. The molecular weight excluding hydrogens is 402 g/mol. The molecule has 0 fully saturated rings. The number of carbonyl (C=O) groups is 1. The molecule has 0 bridgehead atoms. The number of benzene rings is 2. The Labute approximate surface area is 181 Å². The van der Waals surface area contributed by atoms with Crippen molar-refractivity contribution in [3.05, 3.63) is 53.1 Å². The summed E-state index contributed by atoms with van der Waals surface area (Å²) in [6, 6.07) is 10.9. The molecule has 2 aromatic rings. The van der Waals surface area contributed by atoms with Gasteiger partial charge >= 0.3 is 5.97 Å². The quantitative estimate of drug-likeness (QED) is 0.624. The van der Waals surface area contributed by atoms with Gasteiger partial charge in [-0.15, -0.1) is 0 Å². The fourth-order valence-electron chi connectivity index (χ4n) is 4.36. The number of aliphatic hydroxyl groups is 1. The second-order valence-corrected chi connectivity index (χ2v) is 7.46. The number of methoxy groups -OCH3 is 4. The van der Waals surface area contributed by atoms with Gasteiger partial charge in [-0.25, -0.2) is 0 Å². The van der Waals surface area contributed by atoms with Gasteiger partial charge in [0, 0.05) is 25.6 Å². The van der Waals surface area contributed by atoms with Crippen LogP contribution in [0.25, 0.3) is 0 Å². The Kier molecular flexibility index (Phi) is 7.04. The maximum atomic E-state index is 12.6. The zero-order chi connectivity index (χ0) is 22.6. The maximum absolute atomic E-state index is 12.6. The highest BCUT2D eigenvalue weighted by Gasteiger charge is 2.51. The number of carboxylic acids is 1. The SMILES string of the molecule is COC[C@@H](c1ccccc1)N1Cc2c(cc(OC)c(OC)c2OC)C[C@@]1(CO)C(=O)O. The summed E-state index contributed by atoms with van der Waals surface area (Å²) >= 11 is 0. The summed E-state index contributed by atoms with van der Waals surface area (Å²) in [5, 5.41) is 20.6. The van der Waals surface area contributed by atoms with Gasteiger partial charge in [-0.1, -0.05) is 30.3 Å². The molecule has 168 valence electrons. The molecule has 2 atom stereocenters. The molecule has 0 unspecified atom stereocenters. The molecule has 1 aliphatic rings. The topological polar surface area (TPSA) is 97.7 Å². The van der Waals surface area contributed by atoms with Gasteiger partial charge in [0.15, 0.2) is 11.5 Å². The summed E-state index contributed by atoms with van der Waals surface area (Å²) in [6.45, 7) is -0.0931. The molecule has 8 nitrogen and oxygen atoms in total. The third-order valence-corrected chi connectivity index (χ3v) is 5.93. The van der Waals surface area contributed by atoms with Crippen molar-refractivity contribution in [3.63, 3.8) is 0 Å². The Balaban J connectivity index is 2.23. The van der Waals surface area contributed by atoms with Crippen LogP contribution in [0.1, 0.15) is 22.7 Å². The van der Waals surface area contributed by atoms with Gasteiger partial charge < -0.3 is 29.2 Å². The summed E-state index contributed by atoms with van der Waals surface area (Å²) in [5.74, 6) is 0.272. The Bertz CT molecular complexity index is 918. The van der Waals surface area contributed by atoms with E-state index in [1.807, 2.05) is 30.3 Å². The van der Waals surface area contributed by atoms with E-state index in [0.29, 0.717) is 17.2 Å². The van der Waals surface area contributed by atoms with Crippen LogP contribution in [0.2, 0.25) is 0 Å². The average Bonchev–Trinajstić information content (AvgIpc) is 2.80. The van der Waals surface area contributed by atoms with Crippen LogP contribution in [-0.2, 0) is 22.5 Å². The second-order valence-electron chi connectivity index (χ2n) is 7.46. The summed E-state index contributed by atoms with van der Waals surface area (Å²) in [5.41, 5.74) is 0.872. The van der Waals surface area contributed by atoms with Gasteiger partial charge in [0.1, 0.15) is 5.54 Å². The number of hydrogen-bond donors (Lipinski definition) is 2. The van der Waals surface area contributed by atoms with Gasteiger partial charge in [-0.3, -0.25) is 9.69 Å². The third kappa shape index (κ3) is 3.94. The predicted octanol–water partition coefficient (Wildman–Crippen LogP) is 2.27. The molecule has 0 saturated heterocycles. The van der Waals surface area contributed by atoms with Crippen molar-refractivity contribution in [2.24, 2.45) is 0 Å². The van der Waals surface area contributed by atoms with Gasteiger partial charge in [0.2, 0.25) is 5.75 Å². The van der Waals surface area contributed by atoms with E-state index in [9.17, 15) is 15.0 Å². The number of ether oxygens (including phenoxy) is 4. The number of carboxylic acid groups (broad SMARTS) is 1. The van der Waals surface area contributed by atoms with Crippen molar-refractivity contribution in [2.45, 2.75) is 24.5 Å². The summed E-state index contributed by atoms with van der Waals surface area (Å²) in [7, 11) is 6.15. The Morgan fingerprint density at radius 1 is 1.10 bits per heavy atom. The lowest BCUT2D eigenvalue weighted by atomic mass is 9.80. The Morgan fingerprint density at radius 3 is 2.29 bits per heavy atom. The minimum Gasteiger partial charge on any atom is -0.493 e. The minimum absolute atomic E-state index is 0.0674. The number of fused-ring (bicyclic) bond motifs is 1. The molecule has 0 aromatic heterocycles. The average molecular weight is 431 g/mol. The lowest BCUT2D eigenvalue weighted by molar-refractivity contribution is -0.160. The standard InChI is InChI=1S/C23H29NO7/c1-28-13-18(15-8-6-5-7-9-15)24-12-17-16(11-23(24,14-25)22(26)27)10-19(29-2)21(31-4)20(17)30-3/h5-10,18,25H,11-14H2,1-4H3,(H,26,27)/t18-,23+/m0/s1. The van der Waals surface area contributed by atoms with Crippen molar-refractivity contribution in [1.82, 2.24) is 4.90 Å². The number of aliphatic hydroxyl groups excluding tert-OH is 1. The van der Waals surface area contributed by atoms with Gasteiger partial charge in [0.05, 0.1) is 40.6 Å². The lowest BCUT2D eigenvalue weighted by Crippen LogP contribution is -2.62. The van der Waals surface area contributed by atoms with Crippen molar-refractivity contribution < 1.29 is 34.0 Å². The maximum Gasteiger partial charge on any atom is 0.326 e. The van der Waals surface area contributed by atoms with E-state index in [1.165, 1.54) is 21.3 Å². The fraction of sp³-hybridized carbons (Fsp3) is 0.435. The van der Waals surface area contributed by atoms with Crippen LogP contribution in [0.4, 0.5) is 0 Å². The minimum atomic E-state index is -1.54. The first-order valence-corrected chi connectivity index (χ1v) is 9.93. The lowest BCUT2D eigenvalue weighted by Gasteiger charge is -2.48. The summed E-state index contributed by atoms with van der Waals surface area (Å²) in [4.78, 5) is 14.4. The first-order chi connectivity index (χ1) is 15.0. The molecule has 0 saturated carbocycles. The Morgan fingerprint density at radius 2 is 1.77 bits per heavy atom. The van der Waals surface area contributed by atoms with Crippen LogP contribution in [-0.4, -0.2) is 68.3 Å². The van der Waals surface area contributed by atoms with Crippen molar-refractivity contribution in [3.8, 4) is 17.2 Å². The molecule has 0 spiro atoms. The van der Waals surface area contributed by atoms with E-state index in [0.717, 1.165) is 16.7 Å². The van der Waals surface area contributed by atoms with E-state index in [2.05, 4.69) is 0 Å².